The second-order valence-corrected chi connectivity index (χ2v) is 8.64. The highest BCUT2D eigenvalue weighted by Gasteiger charge is 2.60. The topological polar surface area (TPSA) is 63.0 Å². The molecule has 1 aliphatic rings. The summed E-state index contributed by atoms with van der Waals surface area (Å²) in [4.78, 5) is 16.7. The summed E-state index contributed by atoms with van der Waals surface area (Å²) in [5.41, 5.74) is 1.61. The highest BCUT2D eigenvalue weighted by molar-refractivity contribution is 7.99. The van der Waals surface area contributed by atoms with Crippen LogP contribution < -0.4 is 5.32 Å². The molecular formula is C20H16Cl2F3N3O2S. The molecule has 1 heterocycles. The van der Waals surface area contributed by atoms with Crippen LogP contribution in [0.2, 0.25) is 10.0 Å². The van der Waals surface area contributed by atoms with Crippen LogP contribution in [0.1, 0.15) is 33.5 Å². The van der Waals surface area contributed by atoms with Crippen molar-refractivity contribution in [2.75, 3.05) is 7.11 Å². The fourth-order valence-corrected chi connectivity index (χ4v) is 4.65. The van der Waals surface area contributed by atoms with Crippen molar-refractivity contribution in [1.82, 2.24) is 5.32 Å². The van der Waals surface area contributed by atoms with Gasteiger partial charge in [-0.2, -0.15) is 13.2 Å². The first kappa shape index (κ1) is 23.4. The van der Waals surface area contributed by atoms with Gasteiger partial charge in [0.25, 0.3) is 5.91 Å². The molecular weight excluding hydrogens is 474 g/mol. The molecule has 0 bridgehead atoms. The van der Waals surface area contributed by atoms with Crippen molar-refractivity contribution >= 4 is 53.1 Å². The Hall–Kier alpha value is -2.23. The molecule has 1 atom stereocenters. The summed E-state index contributed by atoms with van der Waals surface area (Å²) in [6.07, 6.45) is -3.91. The van der Waals surface area contributed by atoms with E-state index in [0.717, 1.165) is 6.34 Å². The number of rotatable bonds is 5. The van der Waals surface area contributed by atoms with Crippen LogP contribution in [-0.2, 0) is 9.58 Å². The third-order valence-electron chi connectivity index (χ3n) is 4.67. The summed E-state index contributed by atoms with van der Waals surface area (Å²) in [7, 11) is 1.33. The van der Waals surface area contributed by atoms with Gasteiger partial charge in [-0.15, -0.1) is 0 Å². The maximum Gasteiger partial charge on any atom is 0.409 e. The summed E-state index contributed by atoms with van der Waals surface area (Å²) in [6, 6.07) is 8.60. The van der Waals surface area contributed by atoms with Gasteiger partial charge >= 0.3 is 6.18 Å². The molecule has 1 aliphatic heterocycles. The number of carbonyl (C=O) groups excluding carboxylic acids is 1. The Morgan fingerprint density at radius 1 is 1.26 bits per heavy atom. The summed E-state index contributed by atoms with van der Waals surface area (Å²) >= 11 is 12.3. The number of nitrogens with zero attached hydrogens (tertiary/aromatic N) is 2. The van der Waals surface area contributed by atoms with Gasteiger partial charge < -0.3 is 10.2 Å². The lowest BCUT2D eigenvalue weighted by molar-refractivity contribution is -0.159. The Balaban J connectivity index is 1.91. The molecule has 0 saturated heterocycles. The van der Waals surface area contributed by atoms with E-state index in [-0.39, 0.29) is 21.3 Å². The zero-order chi connectivity index (χ0) is 22.8. The Morgan fingerprint density at radius 2 is 1.94 bits per heavy atom. The van der Waals surface area contributed by atoms with Gasteiger partial charge in [0.15, 0.2) is 4.75 Å². The van der Waals surface area contributed by atoms with Crippen LogP contribution >= 0.6 is 35.1 Å². The third-order valence-corrected chi connectivity index (χ3v) is 6.34. The minimum absolute atomic E-state index is 0.0635. The van der Waals surface area contributed by atoms with Crippen LogP contribution in [0.25, 0.3) is 0 Å². The van der Waals surface area contributed by atoms with Crippen LogP contribution in [0.3, 0.4) is 0 Å². The second-order valence-electron chi connectivity index (χ2n) is 6.71. The molecule has 3 rings (SSSR count). The number of nitrogens with one attached hydrogen (secondary N) is 1. The lowest BCUT2D eigenvalue weighted by Gasteiger charge is -2.30. The number of benzene rings is 2. The van der Waals surface area contributed by atoms with Crippen molar-refractivity contribution in [3.63, 3.8) is 0 Å². The van der Waals surface area contributed by atoms with Crippen LogP contribution in [0, 0.1) is 6.92 Å². The van der Waals surface area contributed by atoms with Gasteiger partial charge in [0.2, 0.25) is 0 Å². The number of aryl methyl sites for hydroxylation is 1. The number of hydrogen-bond acceptors (Lipinski definition) is 5. The monoisotopic (exact) mass is 489 g/mol. The van der Waals surface area contributed by atoms with E-state index in [1.54, 1.807) is 19.1 Å². The van der Waals surface area contributed by atoms with Gasteiger partial charge in [-0.25, -0.2) is 4.40 Å². The van der Waals surface area contributed by atoms with Gasteiger partial charge in [-0.3, -0.25) is 4.79 Å². The fourth-order valence-electron chi connectivity index (χ4n) is 3.16. The van der Waals surface area contributed by atoms with E-state index in [9.17, 15) is 18.0 Å². The van der Waals surface area contributed by atoms with Crippen LogP contribution in [0.15, 0.2) is 46.0 Å². The fraction of sp³-hybridized carbons (Fsp3) is 0.250. The van der Waals surface area contributed by atoms with Crippen molar-refractivity contribution in [2.24, 2.45) is 9.55 Å². The first-order chi connectivity index (χ1) is 14.6. The molecule has 2 aromatic rings. The van der Waals surface area contributed by atoms with Gasteiger partial charge in [-0.05, 0) is 65.9 Å². The van der Waals surface area contributed by atoms with Crippen molar-refractivity contribution in [3.05, 3.63) is 68.7 Å². The molecule has 5 nitrogen and oxygen atoms in total. The maximum atomic E-state index is 14.2. The highest BCUT2D eigenvalue weighted by atomic mass is 35.5. The van der Waals surface area contributed by atoms with Gasteiger partial charge in [0.05, 0.1) is 5.71 Å². The Labute approximate surface area is 190 Å². The number of oxime groups is 1. The summed E-state index contributed by atoms with van der Waals surface area (Å²) in [5.74, 6) is -0.425. The average Bonchev–Trinajstić information content (AvgIpc) is 3.14. The largest absolute Gasteiger partial charge is 0.409 e. The molecule has 0 radical (unpaired) electrons. The summed E-state index contributed by atoms with van der Waals surface area (Å²) < 4.78 is 44.4. The van der Waals surface area contributed by atoms with Crippen LogP contribution in [-0.4, -0.2) is 31.2 Å². The van der Waals surface area contributed by atoms with E-state index >= 15 is 0 Å². The minimum Gasteiger partial charge on any atom is -0.398 e. The Morgan fingerprint density at radius 3 is 2.52 bits per heavy atom. The number of amides is 1. The van der Waals surface area contributed by atoms with Gasteiger partial charge in [-0.1, -0.05) is 34.4 Å². The number of halogens is 5. The molecule has 1 amide bonds. The lowest BCUT2D eigenvalue weighted by Crippen LogP contribution is -2.38. The van der Waals surface area contributed by atoms with Crippen molar-refractivity contribution in [3.8, 4) is 0 Å². The zero-order valence-corrected chi connectivity index (χ0v) is 18.6. The molecule has 11 heteroatoms. The number of hydrogen-bond donors (Lipinski definition) is 1. The van der Waals surface area contributed by atoms with E-state index in [1.165, 1.54) is 31.4 Å². The third kappa shape index (κ3) is 4.83. The SMILES string of the molecule is CON=CNC(=O)c1ccc(C2=NSC(c3cc(Cl)cc(Cl)c3)(C(F)(F)F)C2)cc1C. The van der Waals surface area contributed by atoms with Gasteiger partial charge in [0.1, 0.15) is 13.4 Å². The molecule has 2 aromatic carbocycles. The second kappa shape index (κ2) is 9.10. The molecule has 31 heavy (non-hydrogen) atoms. The molecule has 0 spiro atoms. The van der Waals surface area contributed by atoms with E-state index in [4.69, 9.17) is 23.2 Å². The first-order valence-corrected chi connectivity index (χ1v) is 10.4. The van der Waals surface area contributed by atoms with Crippen molar-refractivity contribution < 1.29 is 22.8 Å². The molecule has 0 aliphatic carbocycles. The molecule has 1 unspecified atom stereocenters. The lowest BCUT2D eigenvalue weighted by atomic mass is 9.89. The smallest absolute Gasteiger partial charge is 0.398 e. The Bertz CT molecular complexity index is 1060. The quantitative estimate of drug-likeness (QED) is 0.245. The average molecular weight is 490 g/mol. The van der Waals surface area contributed by atoms with E-state index in [2.05, 4.69) is 19.7 Å². The Kier molecular flexibility index (Phi) is 6.88. The van der Waals surface area contributed by atoms with Crippen molar-refractivity contribution in [1.29, 1.82) is 0 Å². The summed E-state index contributed by atoms with van der Waals surface area (Å²) in [5, 5.41) is 6.08. The van der Waals surface area contributed by atoms with E-state index in [1.807, 2.05) is 0 Å². The normalized spacial score (nSPS) is 18.9. The molecule has 0 fully saturated rings. The maximum absolute atomic E-state index is 14.2. The highest BCUT2D eigenvalue weighted by Crippen LogP contribution is 2.57. The standard InChI is InChI=1S/C20H16Cl2F3N3O2S/c1-11-5-12(3-4-16(11)18(29)26-10-27-30-2)17-9-19(31-28-17,20(23,24)25)13-6-14(21)8-15(22)7-13/h3-8,10H,9H2,1-2H3,(H,26,27,29). The molecule has 0 saturated carbocycles. The predicted molar refractivity (Wildman–Crippen MR) is 117 cm³/mol. The van der Waals surface area contributed by atoms with Gasteiger partial charge in [0, 0.05) is 22.0 Å². The van der Waals surface area contributed by atoms with Crippen LogP contribution in [0.5, 0.6) is 0 Å². The van der Waals surface area contributed by atoms with E-state index < -0.39 is 23.3 Å². The molecule has 0 aromatic heterocycles. The predicted octanol–water partition coefficient (Wildman–Crippen LogP) is 5.92. The van der Waals surface area contributed by atoms with E-state index in [0.29, 0.717) is 28.6 Å². The zero-order valence-electron chi connectivity index (χ0n) is 16.3. The molecule has 1 N–H and O–H groups in total. The van der Waals surface area contributed by atoms with Crippen LogP contribution in [0.4, 0.5) is 13.2 Å². The number of alkyl halides is 3. The minimum atomic E-state index is -4.60. The van der Waals surface area contributed by atoms with Crippen molar-refractivity contribution in [2.45, 2.75) is 24.3 Å². The first-order valence-electron chi connectivity index (χ1n) is 8.82. The summed E-state index contributed by atoms with van der Waals surface area (Å²) in [6.45, 7) is 1.68. The number of carbonyl (C=O) groups is 1. The molecule has 164 valence electrons.